The normalized spacial score (nSPS) is 19.6. The van der Waals surface area contributed by atoms with E-state index in [-0.39, 0.29) is 47.7 Å². The molecule has 2 saturated heterocycles. The number of pyridine rings is 1. The molecule has 65 heavy (non-hydrogen) atoms. The maximum absolute atomic E-state index is 13.4. The number of methoxy groups -OCH3 is 1. The number of benzene rings is 2. The number of hydrogen-bond donors (Lipinski definition) is 3. The van der Waals surface area contributed by atoms with E-state index in [1.165, 1.54) is 4.90 Å². The fourth-order valence-corrected chi connectivity index (χ4v) is 9.43. The van der Waals surface area contributed by atoms with Crippen molar-refractivity contribution in [3.8, 4) is 17.6 Å². The molecule has 4 aliphatic rings. The van der Waals surface area contributed by atoms with E-state index >= 15 is 0 Å². The lowest BCUT2D eigenvalue weighted by atomic mass is 9.90. The number of piperidine rings is 1. The van der Waals surface area contributed by atoms with Gasteiger partial charge in [0.25, 0.3) is 11.5 Å². The zero-order chi connectivity index (χ0) is 45.6. The number of aromatic nitrogens is 3. The summed E-state index contributed by atoms with van der Waals surface area (Å²) >= 11 is 0. The van der Waals surface area contributed by atoms with Crippen LogP contribution < -0.4 is 31.1 Å². The summed E-state index contributed by atoms with van der Waals surface area (Å²) in [6.45, 7) is 6.73. The molecule has 2 aromatic carbocycles. The van der Waals surface area contributed by atoms with Crippen LogP contribution in [0, 0.1) is 18.8 Å². The monoisotopic (exact) mass is 883 g/mol. The molecule has 2 aromatic heterocycles. The molecule has 1 aliphatic carbocycles. The molecule has 1 atom stereocenters. The number of anilines is 3. The Morgan fingerprint density at radius 2 is 1.74 bits per heavy atom. The van der Waals surface area contributed by atoms with E-state index in [0.29, 0.717) is 87.0 Å². The summed E-state index contributed by atoms with van der Waals surface area (Å²) in [4.78, 5) is 90.8. The molecule has 3 aliphatic heterocycles. The van der Waals surface area contributed by atoms with Crippen molar-refractivity contribution in [2.24, 2.45) is 0 Å². The molecular weight excluding hydrogens is 827 g/mol. The number of hydrogen-bond acceptors (Lipinski definition) is 11. The second-order valence-electron chi connectivity index (χ2n) is 17.4. The van der Waals surface area contributed by atoms with Gasteiger partial charge < -0.3 is 30.1 Å². The van der Waals surface area contributed by atoms with Crippen LogP contribution in [0.5, 0.6) is 5.75 Å². The maximum atomic E-state index is 13.4. The molecule has 340 valence electrons. The molecule has 5 heterocycles. The molecule has 1 saturated carbocycles. The van der Waals surface area contributed by atoms with E-state index in [9.17, 15) is 28.8 Å². The van der Waals surface area contributed by atoms with Gasteiger partial charge in [0.15, 0.2) is 0 Å². The van der Waals surface area contributed by atoms with Crippen LogP contribution in [0.3, 0.4) is 0 Å². The number of imide groups is 1. The fraction of sp³-hybridized carbons (Fsp3) is 0.469. The zero-order valence-electron chi connectivity index (χ0n) is 37.4. The van der Waals surface area contributed by atoms with Crippen molar-refractivity contribution in [3.63, 3.8) is 0 Å². The molecule has 16 nitrogen and oxygen atoms in total. The second kappa shape index (κ2) is 20.0. The van der Waals surface area contributed by atoms with Gasteiger partial charge in [-0.25, -0.2) is 4.98 Å². The topological polar surface area (TPSA) is 188 Å². The standard InChI is InChI=1S/C49H57N9O7/c1-4-42(59)51-34-14-16-35(17-15-34)58-45(62)26-31(2)38-29-50-49(54-46(38)58)52-39-19-18-36(28-41(39)65-3)55-22-24-56(25-23-55)44(61)11-9-7-5-6-8-10-32-12-13-33-30-57(48(64)37(33)27-32)40-20-21-43(60)53-47(40)63/h12-13,18-19,26-29,34-35,40H,4-7,9,11,14-17,20-25,30H2,1-3H3,(H,51,59)(H,50,52,54)(H,53,60,63). The summed E-state index contributed by atoms with van der Waals surface area (Å²) in [5.41, 5.74) is 5.11. The van der Waals surface area contributed by atoms with Gasteiger partial charge in [-0.05, 0) is 87.3 Å². The number of amides is 5. The van der Waals surface area contributed by atoms with Gasteiger partial charge in [0.1, 0.15) is 17.4 Å². The molecule has 0 radical (unpaired) electrons. The van der Waals surface area contributed by atoms with Crippen LogP contribution in [-0.4, -0.2) is 99.2 Å². The van der Waals surface area contributed by atoms with Gasteiger partial charge in [-0.15, -0.1) is 0 Å². The molecule has 16 heteroatoms. The van der Waals surface area contributed by atoms with Crippen molar-refractivity contribution in [3.05, 3.63) is 81.3 Å². The van der Waals surface area contributed by atoms with Crippen molar-refractivity contribution in [2.75, 3.05) is 43.5 Å². The highest BCUT2D eigenvalue weighted by Crippen LogP contribution is 2.34. The summed E-state index contributed by atoms with van der Waals surface area (Å²) < 4.78 is 7.61. The van der Waals surface area contributed by atoms with E-state index in [4.69, 9.17) is 9.72 Å². The van der Waals surface area contributed by atoms with Gasteiger partial charge >= 0.3 is 0 Å². The number of nitrogens with one attached hydrogen (secondary N) is 3. The summed E-state index contributed by atoms with van der Waals surface area (Å²) in [6, 6.07) is 12.6. The fourth-order valence-electron chi connectivity index (χ4n) is 9.43. The molecule has 5 amide bonds. The van der Waals surface area contributed by atoms with E-state index in [1.54, 1.807) is 30.0 Å². The number of piperazine rings is 1. The summed E-state index contributed by atoms with van der Waals surface area (Å²) in [5.74, 6) is 6.60. The Hall–Kier alpha value is -6.76. The van der Waals surface area contributed by atoms with Crippen molar-refractivity contribution in [2.45, 2.75) is 116 Å². The lowest BCUT2D eigenvalue weighted by Gasteiger charge is -2.36. The predicted octanol–water partition coefficient (Wildman–Crippen LogP) is 5.27. The average molecular weight is 884 g/mol. The van der Waals surface area contributed by atoms with Crippen LogP contribution >= 0.6 is 0 Å². The van der Waals surface area contributed by atoms with E-state index in [1.807, 2.05) is 49.1 Å². The summed E-state index contributed by atoms with van der Waals surface area (Å²) in [5, 5.41) is 9.56. The Morgan fingerprint density at radius 1 is 0.938 bits per heavy atom. The highest BCUT2D eigenvalue weighted by molar-refractivity contribution is 6.05. The molecule has 3 N–H and O–H groups in total. The minimum Gasteiger partial charge on any atom is -0.494 e. The first-order valence-electron chi connectivity index (χ1n) is 22.9. The number of aryl methyl sites for hydroxylation is 1. The van der Waals surface area contributed by atoms with Gasteiger partial charge in [-0.1, -0.05) is 31.3 Å². The number of nitrogens with zero attached hydrogens (tertiary/aromatic N) is 6. The number of carbonyl (C=O) groups is 5. The van der Waals surface area contributed by atoms with Gasteiger partial charge in [0.2, 0.25) is 29.6 Å². The third-order valence-corrected chi connectivity index (χ3v) is 13.1. The predicted molar refractivity (Wildman–Crippen MR) is 246 cm³/mol. The van der Waals surface area contributed by atoms with Crippen LogP contribution in [0.4, 0.5) is 17.3 Å². The van der Waals surface area contributed by atoms with Crippen LogP contribution in [-0.2, 0) is 25.7 Å². The zero-order valence-corrected chi connectivity index (χ0v) is 37.4. The van der Waals surface area contributed by atoms with Crippen LogP contribution in [0.2, 0.25) is 0 Å². The largest absolute Gasteiger partial charge is 0.494 e. The Balaban J connectivity index is 0.791. The van der Waals surface area contributed by atoms with Crippen molar-refractivity contribution < 1.29 is 28.7 Å². The molecular formula is C49H57N9O7. The molecule has 1 unspecified atom stereocenters. The Kier molecular flexibility index (Phi) is 13.8. The van der Waals surface area contributed by atoms with Gasteiger partial charge in [0.05, 0.1) is 12.8 Å². The molecule has 0 bridgehead atoms. The van der Waals surface area contributed by atoms with Gasteiger partial charge in [0, 0.05) is 111 Å². The van der Waals surface area contributed by atoms with E-state index < -0.39 is 11.9 Å². The number of carbonyl (C=O) groups excluding carboxylic acids is 5. The molecule has 0 spiro atoms. The van der Waals surface area contributed by atoms with Gasteiger partial charge in [-0.2, -0.15) is 4.98 Å². The highest BCUT2D eigenvalue weighted by atomic mass is 16.5. The third-order valence-electron chi connectivity index (χ3n) is 13.1. The number of ether oxygens (including phenoxy) is 1. The maximum Gasteiger partial charge on any atom is 0.255 e. The van der Waals surface area contributed by atoms with E-state index in [0.717, 1.165) is 72.7 Å². The van der Waals surface area contributed by atoms with Gasteiger partial charge in [-0.3, -0.25) is 38.7 Å². The van der Waals surface area contributed by atoms with Crippen molar-refractivity contribution in [1.29, 1.82) is 0 Å². The minimum atomic E-state index is -0.641. The smallest absolute Gasteiger partial charge is 0.255 e. The quantitative estimate of drug-likeness (QED) is 0.0902. The molecule has 8 rings (SSSR count). The first-order chi connectivity index (χ1) is 31.5. The Bertz CT molecular complexity index is 2620. The van der Waals surface area contributed by atoms with Crippen molar-refractivity contribution >= 4 is 57.9 Å². The van der Waals surface area contributed by atoms with Crippen molar-refractivity contribution in [1.82, 2.24) is 35.0 Å². The summed E-state index contributed by atoms with van der Waals surface area (Å²) in [6.07, 6.45) is 9.59. The van der Waals surface area contributed by atoms with E-state index in [2.05, 4.69) is 37.7 Å². The number of unbranched alkanes of at least 4 members (excludes halogenated alkanes) is 3. The lowest BCUT2D eigenvalue weighted by molar-refractivity contribution is -0.137. The third kappa shape index (κ3) is 10.1. The van der Waals surface area contributed by atoms with Crippen LogP contribution in [0.1, 0.15) is 117 Å². The first-order valence-corrected chi connectivity index (χ1v) is 22.9. The lowest BCUT2D eigenvalue weighted by Crippen LogP contribution is -2.52. The average Bonchev–Trinajstić information content (AvgIpc) is 3.63. The van der Waals surface area contributed by atoms with Crippen LogP contribution in [0.15, 0.2) is 53.5 Å². The first kappa shape index (κ1) is 44.8. The SMILES string of the molecule is CCC(=O)NC1CCC(n2c(=O)cc(C)c3cnc(Nc4ccc(N5CCN(C(=O)CCCCCC#Cc6ccc7c(c6)C(=O)N(C6CCC(=O)NC6=O)C7)CC5)cc4OC)nc32)CC1. The summed E-state index contributed by atoms with van der Waals surface area (Å²) in [7, 11) is 1.62. The minimum absolute atomic E-state index is 0.0334. The number of rotatable bonds is 13. The molecule has 3 fully saturated rings. The second-order valence-corrected chi connectivity index (χ2v) is 17.4. The Morgan fingerprint density at radius 3 is 2.49 bits per heavy atom. The van der Waals surface area contributed by atoms with Crippen LogP contribution in [0.25, 0.3) is 11.0 Å². The highest BCUT2D eigenvalue weighted by Gasteiger charge is 2.39. The Labute approximate surface area is 378 Å². The molecule has 4 aromatic rings. The number of fused-ring (bicyclic) bond motifs is 2.